The van der Waals surface area contributed by atoms with Gasteiger partial charge in [0, 0.05) is 25.0 Å². The monoisotopic (exact) mass is 443 g/mol. The van der Waals surface area contributed by atoms with Crippen molar-refractivity contribution in [2.24, 2.45) is 5.92 Å². The highest BCUT2D eigenvalue weighted by atomic mass is 16.5. The van der Waals surface area contributed by atoms with Crippen LogP contribution in [0.15, 0.2) is 66.7 Å². The summed E-state index contributed by atoms with van der Waals surface area (Å²) in [6.07, 6.45) is 3.37. The Balaban J connectivity index is 1.46. The molecule has 5 rings (SSSR count). The van der Waals surface area contributed by atoms with E-state index < -0.39 is 0 Å². The molecule has 33 heavy (non-hydrogen) atoms. The predicted octanol–water partition coefficient (Wildman–Crippen LogP) is 5.49. The smallest absolute Gasteiger partial charge is 0.119 e. The van der Waals surface area contributed by atoms with Crippen LogP contribution >= 0.6 is 0 Å². The molecule has 3 atom stereocenters. The van der Waals surface area contributed by atoms with Crippen molar-refractivity contribution < 1.29 is 14.2 Å². The number of likely N-dealkylation sites (tertiary alicyclic amines) is 1. The number of rotatable bonds is 7. The van der Waals surface area contributed by atoms with Gasteiger partial charge in [0.1, 0.15) is 17.2 Å². The number of fused-ring (bicyclic) bond motifs is 3. The lowest BCUT2D eigenvalue weighted by Crippen LogP contribution is -2.35. The van der Waals surface area contributed by atoms with Crippen molar-refractivity contribution in [1.82, 2.24) is 4.90 Å². The maximum absolute atomic E-state index is 5.50. The summed E-state index contributed by atoms with van der Waals surface area (Å²) in [5.74, 6) is 4.02. The van der Waals surface area contributed by atoms with Crippen LogP contribution in [-0.4, -0.2) is 38.8 Å². The first-order chi connectivity index (χ1) is 16.2. The fourth-order valence-electron chi connectivity index (χ4n) is 5.90. The average molecular weight is 444 g/mol. The zero-order valence-corrected chi connectivity index (χ0v) is 19.8. The Bertz CT molecular complexity index is 1110. The molecule has 1 aliphatic carbocycles. The fourth-order valence-corrected chi connectivity index (χ4v) is 5.90. The third kappa shape index (κ3) is 4.45. The van der Waals surface area contributed by atoms with Crippen molar-refractivity contribution in [1.29, 1.82) is 0 Å². The van der Waals surface area contributed by atoms with Gasteiger partial charge in [-0.3, -0.25) is 4.90 Å². The molecule has 0 N–H and O–H groups in total. The molecule has 3 aromatic rings. The van der Waals surface area contributed by atoms with E-state index in [-0.39, 0.29) is 0 Å². The van der Waals surface area contributed by atoms with Crippen LogP contribution in [0.5, 0.6) is 17.2 Å². The normalized spacial score (nSPS) is 21.8. The Morgan fingerprint density at radius 3 is 2.18 bits per heavy atom. The van der Waals surface area contributed by atoms with E-state index in [0.29, 0.717) is 17.9 Å². The highest BCUT2D eigenvalue weighted by Gasteiger charge is 2.44. The van der Waals surface area contributed by atoms with E-state index >= 15 is 0 Å². The van der Waals surface area contributed by atoms with Crippen LogP contribution in [0.2, 0.25) is 0 Å². The van der Waals surface area contributed by atoms with Crippen molar-refractivity contribution in [3.05, 3.63) is 89.0 Å². The minimum Gasteiger partial charge on any atom is -0.497 e. The molecule has 3 aromatic carbocycles. The van der Waals surface area contributed by atoms with Gasteiger partial charge in [0.05, 0.1) is 21.3 Å². The van der Waals surface area contributed by atoms with Gasteiger partial charge in [-0.05, 0) is 83.8 Å². The molecule has 4 heteroatoms. The first-order valence-corrected chi connectivity index (χ1v) is 11.8. The van der Waals surface area contributed by atoms with Gasteiger partial charge in [0.25, 0.3) is 0 Å². The van der Waals surface area contributed by atoms with Crippen LogP contribution in [0.4, 0.5) is 0 Å². The van der Waals surface area contributed by atoms with Crippen LogP contribution in [0.3, 0.4) is 0 Å². The van der Waals surface area contributed by atoms with Gasteiger partial charge in [0.15, 0.2) is 0 Å². The third-order valence-electron chi connectivity index (χ3n) is 7.51. The van der Waals surface area contributed by atoms with Crippen LogP contribution in [-0.2, 0) is 19.4 Å². The fraction of sp³-hybridized carbons (Fsp3) is 0.379. The summed E-state index contributed by atoms with van der Waals surface area (Å²) in [5.41, 5.74) is 5.62. The van der Waals surface area contributed by atoms with Gasteiger partial charge in [-0.25, -0.2) is 0 Å². The Morgan fingerprint density at radius 1 is 0.788 bits per heavy atom. The standard InChI is InChI=1S/C29H33NO3/c1-31-23-8-4-6-20(14-23)16-29-27-12-10-22-17-25(33-3)11-13-26(22)28(27)19-30(29)18-21-7-5-9-24(15-21)32-2/h4-9,11,13-15,17,27-29H,10,12,16,18-19H2,1-3H3. The number of aryl methyl sites for hydroxylation is 1. The molecule has 0 saturated carbocycles. The molecule has 0 amide bonds. The maximum Gasteiger partial charge on any atom is 0.119 e. The molecular formula is C29H33NO3. The number of benzene rings is 3. The molecule has 4 nitrogen and oxygen atoms in total. The SMILES string of the molecule is COc1cccc(CC2C3CCc4cc(OC)ccc4C3CN2Cc2cccc(OC)c2)c1. The van der Waals surface area contributed by atoms with Gasteiger partial charge in [-0.2, -0.15) is 0 Å². The largest absolute Gasteiger partial charge is 0.497 e. The van der Waals surface area contributed by atoms with Crippen LogP contribution in [0.1, 0.15) is 34.6 Å². The van der Waals surface area contributed by atoms with Crippen LogP contribution in [0, 0.1) is 5.92 Å². The summed E-state index contributed by atoms with van der Waals surface area (Å²) in [5, 5.41) is 0. The first kappa shape index (κ1) is 21.8. The van der Waals surface area contributed by atoms with Gasteiger partial charge >= 0.3 is 0 Å². The minimum absolute atomic E-state index is 0.489. The molecule has 0 radical (unpaired) electrons. The zero-order valence-electron chi connectivity index (χ0n) is 19.8. The van der Waals surface area contributed by atoms with E-state index in [2.05, 4.69) is 59.5 Å². The second-order valence-corrected chi connectivity index (χ2v) is 9.28. The number of hydrogen-bond donors (Lipinski definition) is 0. The third-order valence-corrected chi connectivity index (χ3v) is 7.51. The predicted molar refractivity (Wildman–Crippen MR) is 131 cm³/mol. The highest BCUT2D eigenvalue weighted by Crippen LogP contribution is 2.47. The van der Waals surface area contributed by atoms with E-state index in [0.717, 1.165) is 43.2 Å². The molecule has 1 heterocycles. The average Bonchev–Trinajstić information content (AvgIpc) is 3.20. The van der Waals surface area contributed by atoms with E-state index in [1.807, 2.05) is 12.1 Å². The quantitative estimate of drug-likeness (QED) is 0.483. The number of nitrogens with zero attached hydrogens (tertiary/aromatic N) is 1. The van der Waals surface area contributed by atoms with Crippen LogP contribution < -0.4 is 14.2 Å². The highest BCUT2D eigenvalue weighted by molar-refractivity contribution is 5.42. The first-order valence-electron chi connectivity index (χ1n) is 11.8. The molecule has 1 aliphatic heterocycles. The van der Waals surface area contributed by atoms with Crippen molar-refractivity contribution in [2.75, 3.05) is 27.9 Å². The number of hydrogen-bond acceptors (Lipinski definition) is 4. The minimum atomic E-state index is 0.489. The number of ether oxygens (including phenoxy) is 3. The van der Waals surface area contributed by atoms with E-state index in [9.17, 15) is 0 Å². The summed E-state index contributed by atoms with van der Waals surface area (Å²) in [6, 6.07) is 24.2. The molecule has 0 aromatic heterocycles. The molecular weight excluding hydrogens is 410 g/mol. The topological polar surface area (TPSA) is 30.9 Å². The molecule has 1 saturated heterocycles. The maximum atomic E-state index is 5.50. The van der Waals surface area contributed by atoms with Gasteiger partial charge in [-0.1, -0.05) is 30.3 Å². The molecule has 0 bridgehead atoms. The summed E-state index contributed by atoms with van der Waals surface area (Å²) in [7, 11) is 5.23. The second kappa shape index (κ2) is 9.48. The molecule has 2 aliphatic rings. The molecule has 3 unspecified atom stereocenters. The van der Waals surface area contributed by atoms with Crippen molar-refractivity contribution in [3.8, 4) is 17.2 Å². The number of methoxy groups -OCH3 is 3. The molecule has 0 spiro atoms. The van der Waals surface area contributed by atoms with Gasteiger partial charge in [-0.15, -0.1) is 0 Å². The second-order valence-electron chi connectivity index (χ2n) is 9.28. The zero-order chi connectivity index (χ0) is 22.8. The lowest BCUT2D eigenvalue weighted by atomic mass is 9.73. The summed E-state index contributed by atoms with van der Waals surface area (Å²) >= 11 is 0. The van der Waals surface area contributed by atoms with E-state index in [4.69, 9.17) is 14.2 Å². The van der Waals surface area contributed by atoms with Gasteiger partial charge in [0.2, 0.25) is 0 Å². The van der Waals surface area contributed by atoms with Crippen molar-refractivity contribution in [3.63, 3.8) is 0 Å². The Kier molecular flexibility index (Phi) is 6.28. The van der Waals surface area contributed by atoms with E-state index in [1.54, 1.807) is 21.3 Å². The summed E-state index contributed by atoms with van der Waals surface area (Å²) < 4.78 is 16.5. The van der Waals surface area contributed by atoms with Crippen LogP contribution in [0.25, 0.3) is 0 Å². The Labute approximate surface area is 197 Å². The van der Waals surface area contributed by atoms with Crippen molar-refractivity contribution in [2.45, 2.75) is 37.8 Å². The Hall–Kier alpha value is -2.98. The lowest BCUT2D eigenvalue weighted by Gasteiger charge is -2.32. The van der Waals surface area contributed by atoms with E-state index in [1.165, 1.54) is 28.7 Å². The summed E-state index contributed by atoms with van der Waals surface area (Å²) in [6.45, 7) is 2.01. The lowest BCUT2D eigenvalue weighted by molar-refractivity contribution is 0.210. The summed E-state index contributed by atoms with van der Waals surface area (Å²) in [4.78, 5) is 2.70. The Morgan fingerprint density at radius 2 is 1.45 bits per heavy atom. The van der Waals surface area contributed by atoms with Crippen molar-refractivity contribution >= 4 is 0 Å². The molecule has 172 valence electrons. The van der Waals surface area contributed by atoms with Gasteiger partial charge < -0.3 is 14.2 Å². The molecule has 1 fully saturated rings.